The van der Waals surface area contributed by atoms with E-state index in [1.807, 2.05) is 11.3 Å². The van der Waals surface area contributed by atoms with Crippen LogP contribution in [0.4, 0.5) is 0 Å². The Labute approximate surface area is 127 Å². The van der Waals surface area contributed by atoms with Crippen LogP contribution in [0.2, 0.25) is 0 Å². The van der Waals surface area contributed by atoms with E-state index in [1.54, 1.807) is 0 Å². The Balaban J connectivity index is 1.88. The zero-order valence-electron chi connectivity index (χ0n) is 13.5. The second-order valence-electron chi connectivity index (χ2n) is 6.97. The van der Waals surface area contributed by atoms with Gasteiger partial charge in [0.05, 0.1) is 6.10 Å². The molecule has 1 N–H and O–H groups in total. The third-order valence-electron chi connectivity index (χ3n) is 4.51. The smallest absolute Gasteiger partial charge is 0.0656 e. The SMILES string of the molecule is CCC(NC1CC(OCC(C)C)C1(C)C)c1cccs1. The molecule has 3 atom stereocenters. The molecule has 0 saturated heterocycles. The summed E-state index contributed by atoms with van der Waals surface area (Å²) in [4.78, 5) is 1.45. The molecule has 0 spiro atoms. The summed E-state index contributed by atoms with van der Waals surface area (Å²) in [6.07, 6.45) is 2.69. The van der Waals surface area contributed by atoms with Crippen LogP contribution in [0.5, 0.6) is 0 Å². The highest BCUT2D eigenvalue weighted by Crippen LogP contribution is 2.44. The molecule has 1 fully saturated rings. The van der Waals surface area contributed by atoms with Crippen LogP contribution in [-0.2, 0) is 4.74 Å². The molecule has 2 nitrogen and oxygen atoms in total. The minimum Gasteiger partial charge on any atom is -0.377 e. The van der Waals surface area contributed by atoms with Gasteiger partial charge in [0.15, 0.2) is 0 Å². The number of hydrogen-bond donors (Lipinski definition) is 1. The third kappa shape index (κ3) is 3.44. The van der Waals surface area contributed by atoms with E-state index in [-0.39, 0.29) is 5.41 Å². The molecule has 0 radical (unpaired) electrons. The molecule has 0 aromatic carbocycles. The largest absolute Gasteiger partial charge is 0.377 e. The van der Waals surface area contributed by atoms with Crippen molar-refractivity contribution >= 4 is 11.3 Å². The van der Waals surface area contributed by atoms with Crippen LogP contribution in [0.1, 0.15) is 58.4 Å². The first-order valence-corrected chi connectivity index (χ1v) is 8.74. The van der Waals surface area contributed by atoms with Gasteiger partial charge < -0.3 is 10.1 Å². The minimum absolute atomic E-state index is 0.236. The quantitative estimate of drug-likeness (QED) is 0.792. The van der Waals surface area contributed by atoms with Crippen molar-refractivity contribution in [3.63, 3.8) is 0 Å². The lowest BCUT2D eigenvalue weighted by Crippen LogP contribution is -2.61. The summed E-state index contributed by atoms with van der Waals surface area (Å²) in [5.41, 5.74) is 0.236. The molecule has 0 amide bonds. The van der Waals surface area contributed by atoms with Gasteiger partial charge >= 0.3 is 0 Å². The van der Waals surface area contributed by atoms with Gasteiger partial charge in [0, 0.05) is 29.0 Å². The molecule has 1 heterocycles. The predicted octanol–water partition coefficient (Wildman–Crippen LogP) is 4.63. The van der Waals surface area contributed by atoms with Crippen molar-refractivity contribution in [1.29, 1.82) is 0 Å². The molecule has 20 heavy (non-hydrogen) atoms. The topological polar surface area (TPSA) is 21.3 Å². The molecule has 1 saturated carbocycles. The van der Waals surface area contributed by atoms with Crippen molar-refractivity contribution in [3.05, 3.63) is 22.4 Å². The normalized spacial score (nSPS) is 26.5. The fourth-order valence-corrected chi connectivity index (χ4v) is 3.76. The maximum Gasteiger partial charge on any atom is 0.0656 e. The molecule has 0 aliphatic heterocycles. The van der Waals surface area contributed by atoms with Crippen LogP contribution in [-0.4, -0.2) is 18.8 Å². The van der Waals surface area contributed by atoms with Crippen molar-refractivity contribution in [2.24, 2.45) is 11.3 Å². The summed E-state index contributed by atoms with van der Waals surface area (Å²) in [7, 11) is 0. The zero-order valence-corrected chi connectivity index (χ0v) is 14.3. The van der Waals surface area contributed by atoms with Gasteiger partial charge in [-0.1, -0.05) is 40.7 Å². The van der Waals surface area contributed by atoms with Crippen LogP contribution >= 0.6 is 11.3 Å². The average molecular weight is 295 g/mol. The van der Waals surface area contributed by atoms with E-state index in [9.17, 15) is 0 Å². The van der Waals surface area contributed by atoms with Crippen LogP contribution < -0.4 is 5.32 Å². The second-order valence-corrected chi connectivity index (χ2v) is 7.95. The highest BCUT2D eigenvalue weighted by molar-refractivity contribution is 7.10. The summed E-state index contributed by atoms with van der Waals surface area (Å²) in [5.74, 6) is 0.618. The standard InChI is InChI=1S/C17H29NOS/c1-6-13(14-8-7-9-20-14)18-15-10-16(17(15,4)5)19-11-12(2)3/h7-9,12-13,15-16,18H,6,10-11H2,1-5H3. The lowest BCUT2D eigenvalue weighted by Gasteiger charge is -2.53. The molecule has 1 aliphatic rings. The molecule has 3 unspecified atom stereocenters. The van der Waals surface area contributed by atoms with E-state index in [4.69, 9.17) is 4.74 Å². The van der Waals surface area contributed by atoms with E-state index in [2.05, 4.69) is 57.4 Å². The maximum absolute atomic E-state index is 6.05. The Morgan fingerprint density at radius 1 is 1.45 bits per heavy atom. The lowest BCUT2D eigenvalue weighted by atomic mass is 9.64. The molecular weight excluding hydrogens is 266 g/mol. The Morgan fingerprint density at radius 2 is 2.20 bits per heavy atom. The van der Waals surface area contributed by atoms with Gasteiger partial charge in [-0.05, 0) is 30.2 Å². The van der Waals surface area contributed by atoms with Crippen molar-refractivity contribution < 1.29 is 4.74 Å². The first-order valence-electron chi connectivity index (χ1n) is 7.86. The lowest BCUT2D eigenvalue weighted by molar-refractivity contribution is -0.126. The fraction of sp³-hybridized carbons (Fsp3) is 0.765. The third-order valence-corrected chi connectivity index (χ3v) is 5.49. The highest BCUT2D eigenvalue weighted by Gasteiger charge is 2.49. The summed E-state index contributed by atoms with van der Waals surface area (Å²) in [5, 5.41) is 6.01. The van der Waals surface area contributed by atoms with Gasteiger partial charge in [0.25, 0.3) is 0 Å². The van der Waals surface area contributed by atoms with Gasteiger partial charge in [0.1, 0.15) is 0 Å². The van der Waals surface area contributed by atoms with Gasteiger partial charge in [-0.15, -0.1) is 11.3 Å². The van der Waals surface area contributed by atoms with Crippen LogP contribution in [0.25, 0.3) is 0 Å². The molecule has 114 valence electrons. The van der Waals surface area contributed by atoms with Crippen molar-refractivity contribution in [3.8, 4) is 0 Å². The van der Waals surface area contributed by atoms with Crippen molar-refractivity contribution in [1.82, 2.24) is 5.32 Å². The molecule has 0 bridgehead atoms. The molecular formula is C17H29NOS. The van der Waals surface area contributed by atoms with E-state index in [0.717, 1.165) is 19.4 Å². The molecule has 3 heteroatoms. The molecule has 1 aromatic rings. The Hall–Kier alpha value is -0.380. The van der Waals surface area contributed by atoms with Gasteiger partial charge in [-0.25, -0.2) is 0 Å². The van der Waals surface area contributed by atoms with Gasteiger partial charge in [-0.2, -0.15) is 0 Å². The Morgan fingerprint density at radius 3 is 2.70 bits per heavy atom. The minimum atomic E-state index is 0.236. The molecule has 1 aliphatic carbocycles. The predicted molar refractivity (Wildman–Crippen MR) is 87.3 cm³/mol. The Bertz CT molecular complexity index is 399. The van der Waals surface area contributed by atoms with Crippen molar-refractivity contribution in [2.75, 3.05) is 6.61 Å². The van der Waals surface area contributed by atoms with Crippen LogP contribution in [0, 0.1) is 11.3 Å². The van der Waals surface area contributed by atoms with Crippen LogP contribution in [0.3, 0.4) is 0 Å². The number of hydrogen-bond acceptors (Lipinski definition) is 3. The summed E-state index contributed by atoms with van der Waals surface area (Å²) < 4.78 is 6.05. The first kappa shape index (κ1) is 16.0. The van der Waals surface area contributed by atoms with Gasteiger partial charge in [-0.3, -0.25) is 0 Å². The number of nitrogens with one attached hydrogen (secondary N) is 1. The summed E-state index contributed by atoms with van der Waals surface area (Å²) in [6, 6.07) is 5.44. The second kappa shape index (κ2) is 6.59. The highest BCUT2D eigenvalue weighted by atomic mass is 32.1. The first-order chi connectivity index (χ1) is 9.45. The van der Waals surface area contributed by atoms with E-state index in [0.29, 0.717) is 24.1 Å². The number of rotatable bonds is 7. The molecule has 2 rings (SSSR count). The monoisotopic (exact) mass is 295 g/mol. The molecule has 1 aromatic heterocycles. The summed E-state index contributed by atoms with van der Waals surface area (Å²) in [6.45, 7) is 12.2. The maximum atomic E-state index is 6.05. The number of ether oxygens (including phenoxy) is 1. The zero-order chi connectivity index (χ0) is 14.8. The summed E-state index contributed by atoms with van der Waals surface area (Å²) >= 11 is 1.85. The Kier molecular flexibility index (Phi) is 5.27. The van der Waals surface area contributed by atoms with E-state index in [1.165, 1.54) is 4.88 Å². The average Bonchev–Trinajstić information content (AvgIpc) is 2.90. The fourth-order valence-electron chi connectivity index (χ4n) is 2.89. The van der Waals surface area contributed by atoms with E-state index >= 15 is 0 Å². The van der Waals surface area contributed by atoms with Crippen molar-refractivity contribution in [2.45, 2.75) is 65.6 Å². The van der Waals surface area contributed by atoms with E-state index < -0.39 is 0 Å². The van der Waals surface area contributed by atoms with Gasteiger partial charge in [0.2, 0.25) is 0 Å². The number of thiophene rings is 1. The van der Waals surface area contributed by atoms with Crippen LogP contribution in [0.15, 0.2) is 17.5 Å².